The van der Waals surface area contributed by atoms with E-state index in [-0.39, 0.29) is 46.8 Å². The molecule has 0 bridgehead atoms. The van der Waals surface area contributed by atoms with Crippen LogP contribution in [-0.4, -0.2) is 58.2 Å². The van der Waals surface area contributed by atoms with Gasteiger partial charge in [0, 0.05) is 13.1 Å². The first-order chi connectivity index (χ1) is 14.7. The van der Waals surface area contributed by atoms with E-state index in [1.54, 1.807) is 0 Å². The molecule has 3 rings (SSSR count). The van der Waals surface area contributed by atoms with Gasteiger partial charge in [0.1, 0.15) is 23.9 Å². The van der Waals surface area contributed by atoms with E-state index < -0.39 is 16.0 Å². The number of rotatable bonds is 7. The molecule has 0 aliphatic carbocycles. The minimum absolute atomic E-state index is 0.00611. The number of para-hydroxylation sites is 1. The molecule has 2 aromatic carbocycles. The summed E-state index contributed by atoms with van der Waals surface area (Å²) in [5.41, 5.74) is 1.88. The fourth-order valence-corrected chi connectivity index (χ4v) is 5.42. The Morgan fingerprint density at radius 3 is 2.35 bits per heavy atom. The molecule has 0 saturated carbocycles. The van der Waals surface area contributed by atoms with Gasteiger partial charge in [-0.15, -0.1) is 0 Å². The summed E-state index contributed by atoms with van der Waals surface area (Å²) in [5, 5.41) is -0.0574. The summed E-state index contributed by atoms with van der Waals surface area (Å²) in [5.74, 6) is -0.0211. The smallest absolute Gasteiger partial charge is 0.339 e. The Morgan fingerprint density at radius 2 is 1.71 bits per heavy atom. The van der Waals surface area contributed by atoms with Crippen LogP contribution in [0.25, 0.3) is 0 Å². The number of nitrogens with zero attached hydrogens (tertiary/aromatic N) is 1. The third-order valence-corrected chi connectivity index (χ3v) is 7.48. The molecule has 0 amide bonds. The van der Waals surface area contributed by atoms with Crippen molar-refractivity contribution in [3.05, 3.63) is 57.1 Å². The van der Waals surface area contributed by atoms with Gasteiger partial charge in [-0.3, -0.25) is 0 Å². The number of carbonyl (C=O) groups is 1. The van der Waals surface area contributed by atoms with E-state index >= 15 is 0 Å². The van der Waals surface area contributed by atoms with Crippen molar-refractivity contribution in [3.63, 3.8) is 0 Å². The number of morpholine rings is 1. The van der Waals surface area contributed by atoms with Gasteiger partial charge in [0.2, 0.25) is 10.0 Å². The van der Waals surface area contributed by atoms with Crippen LogP contribution in [0, 0.1) is 13.8 Å². The zero-order chi connectivity index (χ0) is 22.6. The van der Waals surface area contributed by atoms with Gasteiger partial charge >= 0.3 is 5.97 Å². The van der Waals surface area contributed by atoms with Gasteiger partial charge < -0.3 is 14.2 Å². The third kappa shape index (κ3) is 5.51. The number of sulfonamides is 1. The largest absolute Gasteiger partial charge is 0.489 e. The zero-order valence-electron chi connectivity index (χ0n) is 17.2. The van der Waals surface area contributed by atoms with Gasteiger partial charge in [-0.1, -0.05) is 41.4 Å². The molecule has 1 aliphatic rings. The molecule has 7 nitrogen and oxygen atoms in total. The average molecular weight is 488 g/mol. The second-order valence-corrected chi connectivity index (χ2v) is 9.71. The summed E-state index contributed by atoms with van der Waals surface area (Å²) in [7, 11) is -3.91. The van der Waals surface area contributed by atoms with Gasteiger partial charge in [0.05, 0.1) is 28.8 Å². The predicted molar refractivity (Wildman–Crippen MR) is 118 cm³/mol. The van der Waals surface area contributed by atoms with Crippen molar-refractivity contribution in [1.82, 2.24) is 4.31 Å². The highest BCUT2D eigenvalue weighted by Gasteiger charge is 2.30. The van der Waals surface area contributed by atoms with E-state index in [4.69, 9.17) is 37.4 Å². The van der Waals surface area contributed by atoms with E-state index in [9.17, 15) is 13.2 Å². The lowest BCUT2D eigenvalue weighted by Crippen LogP contribution is -2.40. The average Bonchev–Trinajstić information content (AvgIpc) is 2.73. The van der Waals surface area contributed by atoms with Crippen molar-refractivity contribution in [2.24, 2.45) is 0 Å². The summed E-state index contributed by atoms with van der Waals surface area (Å²) in [6, 6.07) is 8.18. The number of esters is 1. The summed E-state index contributed by atoms with van der Waals surface area (Å²) in [6.07, 6.45) is 0. The van der Waals surface area contributed by atoms with Gasteiger partial charge in [-0.2, -0.15) is 4.31 Å². The molecule has 10 heteroatoms. The van der Waals surface area contributed by atoms with Crippen LogP contribution in [0.2, 0.25) is 10.0 Å². The molecule has 1 saturated heterocycles. The Morgan fingerprint density at radius 1 is 1.06 bits per heavy atom. The summed E-state index contributed by atoms with van der Waals surface area (Å²) >= 11 is 12.3. The Kier molecular flexibility index (Phi) is 7.82. The molecule has 1 aliphatic heterocycles. The number of benzene rings is 2. The van der Waals surface area contributed by atoms with E-state index in [0.717, 1.165) is 22.9 Å². The van der Waals surface area contributed by atoms with E-state index in [1.807, 2.05) is 32.0 Å². The van der Waals surface area contributed by atoms with Crippen molar-refractivity contribution < 1.29 is 27.4 Å². The molecule has 0 unspecified atom stereocenters. The van der Waals surface area contributed by atoms with E-state index in [2.05, 4.69) is 0 Å². The van der Waals surface area contributed by atoms with Crippen molar-refractivity contribution in [1.29, 1.82) is 0 Å². The quantitative estimate of drug-likeness (QED) is 0.435. The number of hydrogen-bond acceptors (Lipinski definition) is 6. The number of halogens is 2. The maximum absolute atomic E-state index is 12.9. The lowest BCUT2D eigenvalue weighted by molar-refractivity contribution is 0.0449. The molecule has 0 spiro atoms. The van der Waals surface area contributed by atoms with Crippen LogP contribution in [0.4, 0.5) is 0 Å². The Bertz CT molecular complexity index is 1050. The lowest BCUT2D eigenvalue weighted by Gasteiger charge is -2.26. The van der Waals surface area contributed by atoms with Gasteiger partial charge in [0.25, 0.3) is 0 Å². The van der Waals surface area contributed by atoms with Crippen LogP contribution in [0.1, 0.15) is 21.5 Å². The van der Waals surface area contributed by atoms with E-state index in [1.165, 1.54) is 10.4 Å². The number of hydrogen-bond donors (Lipinski definition) is 0. The Balaban J connectivity index is 1.70. The first-order valence-corrected chi connectivity index (χ1v) is 11.8. The second kappa shape index (κ2) is 10.2. The maximum atomic E-state index is 12.9. The lowest BCUT2D eigenvalue weighted by atomic mass is 10.1. The molecule has 1 fully saturated rings. The molecular formula is C21H23Cl2NO6S. The van der Waals surface area contributed by atoms with Crippen LogP contribution >= 0.6 is 23.2 Å². The number of ether oxygens (including phenoxy) is 3. The van der Waals surface area contributed by atoms with Crippen molar-refractivity contribution >= 4 is 39.2 Å². The molecule has 168 valence electrons. The minimum atomic E-state index is -3.91. The molecule has 0 aromatic heterocycles. The van der Waals surface area contributed by atoms with Crippen molar-refractivity contribution in [2.45, 2.75) is 18.7 Å². The highest BCUT2D eigenvalue weighted by molar-refractivity contribution is 7.89. The third-order valence-electron chi connectivity index (χ3n) is 4.80. The molecule has 0 atom stereocenters. The number of aryl methyl sites for hydroxylation is 2. The molecule has 1 heterocycles. The highest BCUT2D eigenvalue weighted by Crippen LogP contribution is 2.31. The van der Waals surface area contributed by atoms with Crippen LogP contribution in [-0.2, 0) is 19.5 Å². The molecule has 31 heavy (non-hydrogen) atoms. The van der Waals surface area contributed by atoms with Gasteiger partial charge in [0.15, 0.2) is 0 Å². The second-order valence-electron chi connectivity index (χ2n) is 6.98. The summed E-state index contributed by atoms with van der Waals surface area (Å²) in [6.45, 7) is 4.96. The SMILES string of the molecule is Cc1cccc(C)c1OCCOC(=O)c1cc(S(=O)(=O)N2CCOCC2)c(Cl)cc1Cl. The standard InChI is InChI=1S/C21H23Cl2NO6S/c1-14-4-3-5-15(2)20(14)29-10-11-30-21(25)16-12-19(18(23)13-17(16)22)31(26,27)24-6-8-28-9-7-24/h3-5,12-13H,6-11H2,1-2H3. The predicted octanol–water partition coefficient (Wildman–Crippen LogP) is 3.87. The van der Waals surface area contributed by atoms with Crippen LogP contribution in [0.3, 0.4) is 0 Å². The zero-order valence-corrected chi connectivity index (χ0v) is 19.5. The minimum Gasteiger partial charge on any atom is -0.489 e. The molecule has 0 radical (unpaired) electrons. The maximum Gasteiger partial charge on any atom is 0.339 e. The number of carbonyl (C=O) groups excluding carboxylic acids is 1. The molecular weight excluding hydrogens is 465 g/mol. The first kappa shape index (κ1) is 23.8. The molecule has 0 N–H and O–H groups in total. The van der Waals surface area contributed by atoms with Crippen molar-refractivity contribution in [2.75, 3.05) is 39.5 Å². The Labute approximate surface area is 191 Å². The summed E-state index contributed by atoms with van der Waals surface area (Å²) in [4.78, 5) is 12.3. The highest BCUT2D eigenvalue weighted by atomic mass is 35.5. The fourth-order valence-electron chi connectivity index (χ4n) is 3.19. The topological polar surface area (TPSA) is 82.1 Å². The van der Waals surface area contributed by atoms with Crippen LogP contribution in [0.15, 0.2) is 35.2 Å². The normalized spacial score (nSPS) is 15.0. The Hall–Kier alpha value is -1.84. The van der Waals surface area contributed by atoms with Crippen LogP contribution < -0.4 is 4.74 Å². The van der Waals surface area contributed by atoms with E-state index in [0.29, 0.717) is 13.2 Å². The molecule has 2 aromatic rings. The van der Waals surface area contributed by atoms with Gasteiger partial charge in [-0.25, -0.2) is 13.2 Å². The first-order valence-electron chi connectivity index (χ1n) is 9.65. The van der Waals surface area contributed by atoms with Gasteiger partial charge in [-0.05, 0) is 37.1 Å². The fraction of sp³-hybridized carbons (Fsp3) is 0.381. The monoisotopic (exact) mass is 487 g/mol. The summed E-state index contributed by atoms with van der Waals surface area (Å²) < 4.78 is 43.3. The van der Waals surface area contributed by atoms with Crippen LogP contribution in [0.5, 0.6) is 5.75 Å². The van der Waals surface area contributed by atoms with Crippen molar-refractivity contribution in [3.8, 4) is 5.75 Å².